The fourth-order valence-corrected chi connectivity index (χ4v) is 3.18. The molecular formula is C17H36KNO4S. The van der Waals surface area contributed by atoms with E-state index in [4.69, 9.17) is 10.3 Å². The summed E-state index contributed by atoms with van der Waals surface area (Å²) < 4.78 is 29.9. The molecule has 0 spiro atoms. The molecule has 0 fully saturated rings. The Morgan fingerprint density at radius 3 is 1.67 bits per heavy atom. The average molecular weight is 390 g/mol. The quantitative estimate of drug-likeness (QED) is 0.247. The molecule has 0 radical (unpaired) electrons. The first-order valence-electron chi connectivity index (χ1n) is 9.00. The third-order valence-electron chi connectivity index (χ3n) is 4.56. The van der Waals surface area contributed by atoms with Crippen LogP contribution in [0.2, 0.25) is 0 Å². The standard InChI is InChI=1S/C17H35NO4S.K.H/c1-3-4-5-6-7-8-9-10-11-12-13-14-16(19)17(2,15-18)23(20,21)22;;/h3-15,18H2,1-2H3,(H,20,21,22);;/q;+1;-1. The molecule has 0 aromatic rings. The topological polar surface area (TPSA) is 97.5 Å². The SMILES string of the molecule is CCCCCCCCCCCCCC(=O)C(C)(CN)S(=O)(=O)O.[H-].[K+]. The van der Waals surface area contributed by atoms with Crippen LogP contribution in [0.5, 0.6) is 0 Å². The molecular weight excluding hydrogens is 353 g/mol. The summed E-state index contributed by atoms with van der Waals surface area (Å²) in [4.78, 5) is 12.0. The van der Waals surface area contributed by atoms with Gasteiger partial charge in [-0.25, -0.2) is 0 Å². The zero-order valence-corrected chi connectivity index (χ0v) is 19.8. The Kier molecular flexibility index (Phi) is 17.4. The van der Waals surface area contributed by atoms with Gasteiger partial charge in [-0.2, -0.15) is 8.42 Å². The van der Waals surface area contributed by atoms with Crippen LogP contribution >= 0.6 is 0 Å². The minimum atomic E-state index is -4.45. The number of carbonyl (C=O) groups is 1. The number of hydrogen-bond acceptors (Lipinski definition) is 4. The van der Waals surface area contributed by atoms with Gasteiger partial charge < -0.3 is 7.16 Å². The molecule has 1 unspecified atom stereocenters. The summed E-state index contributed by atoms with van der Waals surface area (Å²) in [6, 6.07) is 0. The summed E-state index contributed by atoms with van der Waals surface area (Å²) in [6.45, 7) is 3.03. The molecule has 0 rings (SSSR count). The smallest absolute Gasteiger partial charge is 1.00 e. The van der Waals surface area contributed by atoms with Gasteiger partial charge in [0, 0.05) is 13.0 Å². The van der Waals surface area contributed by atoms with E-state index in [9.17, 15) is 13.2 Å². The zero-order valence-electron chi connectivity index (χ0n) is 16.8. The zero-order chi connectivity index (χ0) is 17.8. The van der Waals surface area contributed by atoms with E-state index >= 15 is 0 Å². The summed E-state index contributed by atoms with van der Waals surface area (Å²) in [5.41, 5.74) is 5.36. The van der Waals surface area contributed by atoms with Crippen LogP contribution in [-0.4, -0.2) is 30.0 Å². The number of carbonyl (C=O) groups excluding carboxylic acids is 1. The number of unbranched alkanes of at least 4 members (excludes halogenated alkanes) is 10. The van der Waals surface area contributed by atoms with Crippen molar-refractivity contribution >= 4 is 15.9 Å². The van der Waals surface area contributed by atoms with Gasteiger partial charge in [0.1, 0.15) is 0 Å². The molecule has 0 heterocycles. The molecule has 0 aliphatic carbocycles. The summed E-state index contributed by atoms with van der Waals surface area (Å²) in [5, 5.41) is 0. The summed E-state index contributed by atoms with van der Waals surface area (Å²) in [6.07, 6.45) is 13.0. The predicted molar refractivity (Wildman–Crippen MR) is 96.2 cm³/mol. The van der Waals surface area contributed by atoms with Crippen LogP contribution in [0.4, 0.5) is 0 Å². The summed E-state index contributed by atoms with van der Waals surface area (Å²) in [7, 11) is -4.45. The molecule has 0 amide bonds. The molecule has 0 aromatic carbocycles. The molecule has 140 valence electrons. The predicted octanol–water partition coefficient (Wildman–Crippen LogP) is 0.978. The third kappa shape index (κ3) is 11.0. The molecule has 24 heavy (non-hydrogen) atoms. The monoisotopic (exact) mass is 389 g/mol. The van der Waals surface area contributed by atoms with Crippen molar-refractivity contribution in [2.75, 3.05) is 6.54 Å². The van der Waals surface area contributed by atoms with Crippen molar-refractivity contribution in [2.24, 2.45) is 5.73 Å². The van der Waals surface area contributed by atoms with Gasteiger partial charge in [-0.15, -0.1) is 0 Å². The second kappa shape index (κ2) is 15.3. The van der Waals surface area contributed by atoms with Crippen LogP contribution in [0.15, 0.2) is 0 Å². The maximum Gasteiger partial charge on any atom is 1.00 e. The van der Waals surface area contributed by atoms with Crippen molar-refractivity contribution in [3.05, 3.63) is 0 Å². The van der Waals surface area contributed by atoms with Crippen molar-refractivity contribution in [1.29, 1.82) is 0 Å². The van der Waals surface area contributed by atoms with Crippen molar-refractivity contribution in [3.8, 4) is 0 Å². The van der Waals surface area contributed by atoms with Crippen molar-refractivity contribution in [3.63, 3.8) is 0 Å². The molecule has 0 aliphatic rings. The Hall–Kier alpha value is 1.18. The first-order chi connectivity index (χ1) is 10.8. The number of Topliss-reactive ketones (excluding diaryl/α,β-unsaturated/α-hetero) is 1. The molecule has 0 saturated heterocycles. The molecule has 3 N–H and O–H groups in total. The van der Waals surface area contributed by atoms with Crippen LogP contribution in [0.1, 0.15) is 92.3 Å². The minimum absolute atomic E-state index is 0. The molecule has 0 aromatic heterocycles. The fourth-order valence-electron chi connectivity index (χ4n) is 2.58. The maximum absolute atomic E-state index is 12.0. The third-order valence-corrected chi connectivity index (χ3v) is 6.09. The van der Waals surface area contributed by atoms with Crippen LogP contribution in [-0.2, 0) is 14.9 Å². The number of nitrogens with two attached hydrogens (primary N) is 1. The molecule has 0 bridgehead atoms. The Labute approximate surface area is 192 Å². The van der Waals surface area contributed by atoms with Gasteiger partial charge >= 0.3 is 51.4 Å². The van der Waals surface area contributed by atoms with Gasteiger partial charge in [0.05, 0.1) is 0 Å². The van der Waals surface area contributed by atoms with Crippen LogP contribution < -0.4 is 57.1 Å². The first-order valence-corrected chi connectivity index (χ1v) is 10.4. The van der Waals surface area contributed by atoms with E-state index in [1.54, 1.807) is 0 Å². The second-order valence-corrected chi connectivity index (χ2v) is 8.47. The van der Waals surface area contributed by atoms with Gasteiger partial charge in [0.15, 0.2) is 10.5 Å². The van der Waals surface area contributed by atoms with Gasteiger partial charge in [-0.1, -0.05) is 71.1 Å². The Balaban J connectivity index is -0.00000242. The summed E-state index contributed by atoms with van der Waals surface area (Å²) >= 11 is 0. The van der Waals surface area contributed by atoms with E-state index < -0.39 is 20.6 Å². The van der Waals surface area contributed by atoms with Gasteiger partial charge in [-0.3, -0.25) is 9.35 Å². The molecule has 0 saturated carbocycles. The van der Waals surface area contributed by atoms with E-state index in [0.29, 0.717) is 6.42 Å². The summed E-state index contributed by atoms with van der Waals surface area (Å²) in [5.74, 6) is -0.488. The maximum atomic E-state index is 12.0. The van der Waals surface area contributed by atoms with E-state index in [2.05, 4.69) is 6.92 Å². The van der Waals surface area contributed by atoms with Gasteiger partial charge in [0.25, 0.3) is 10.1 Å². The van der Waals surface area contributed by atoms with Crippen LogP contribution in [0.3, 0.4) is 0 Å². The van der Waals surface area contributed by atoms with E-state index in [-0.39, 0.29) is 65.8 Å². The Bertz CT molecular complexity index is 434. The number of hydrogen-bond donors (Lipinski definition) is 2. The van der Waals surface area contributed by atoms with Gasteiger partial charge in [0.2, 0.25) is 0 Å². The van der Waals surface area contributed by atoms with E-state index in [0.717, 1.165) is 19.3 Å². The number of rotatable bonds is 15. The minimum Gasteiger partial charge on any atom is -1.00 e. The Morgan fingerprint density at radius 1 is 0.958 bits per heavy atom. The second-order valence-electron chi connectivity index (χ2n) is 6.62. The van der Waals surface area contributed by atoms with E-state index in [1.165, 1.54) is 51.9 Å². The van der Waals surface area contributed by atoms with Crippen molar-refractivity contribution in [2.45, 2.75) is 95.6 Å². The van der Waals surface area contributed by atoms with Gasteiger partial charge in [-0.05, 0) is 13.3 Å². The van der Waals surface area contributed by atoms with Crippen molar-refractivity contribution < 1.29 is 70.6 Å². The van der Waals surface area contributed by atoms with Crippen molar-refractivity contribution in [1.82, 2.24) is 0 Å². The largest absolute Gasteiger partial charge is 1.00 e. The molecule has 7 heteroatoms. The van der Waals surface area contributed by atoms with E-state index in [1.807, 2.05) is 0 Å². The molecule has 0 aliphatic heterocycles. The fraction of sp³-hybridized carbons (Fsp3) is 0.941. The normalized spacial score (nSPS) is 14.0. The molecule has 1 atom stereocenters. The van der Waals surface area contributed by atoms with Crippen LogP contribution in [0, 0.1) is 0 Å². The first kappa shape index (κ1) is 27.4. The Morgan fingerprint density at radius 2 is 1.33 bits per heavy atom. The van der Waals surface area contributed by atoms with Crippen LogP contribution in [0.25, 0.3) is 0 Å². The number of ketones is 1. The molecule has 5 nitrogen and oxygen atoms in total. The average Bonchev–Trinajstić information content (AvgIpc) is 2.50.